The second-order valence-electron chi connectivity index (χ2n) is 3.40. The standard InChI is InChI=1S/C9H16N4O5S/c10-1-6(14)11-2-7(15)13-5(4-19)9(18)12-3-8(16)17/h5,19H,1-4,10H2,(H,11,14)(H,12,18)(H,13,15)(H,16,17). The van der Waals surface area contributed by atoms with E-state index in [2.05, 4.69) is 28.6 Å². The zero-order valence-electron chi connectivity index (χ0n) is 10.0. The number of carboxylic acids is 1. The normalized spacial score (nSPS) is 11.3. The summed E-state index contributed by atoms with van der Waals surface area (Å²) in [4.78, 5) is 43.9. The molecule has 0 aliphatic carbocycles. The molecule has 0 spiro atoms. The number of hydrogen-bond acceptors (Lipinski definition) is 6. The maximum Gasteiger partial charge on any atom is 0.322 e. The van der Waals surface area contributed by atoms with Crippen LogP contribution in [0.3, 0.4) is 0 Å². The summed E-state index contributed by atoms with van der Waals surface area (Å²) in [6.07, 6.45) is 0. The lowest BCUT2D eigenvalue weighted by molar-refractivity contribution is -0.138. The Morgan fingerprint density at radius 2 is 1.74 bits per heavy atom. The van der Waals surface area contributed by atoms with Crippen LogP contribution in [0.1, 0.15) is 0 Å². The number of nitrogens with one attached hydrogen (secondary N) is 3. The van der Waals surface area contributed by atoms with Crippen LogP contribution in [-0.2, 0) is 19.2 Å². The molecular formula is C9H16N4O5S. The minimum Gasteiger partial charge on any atom is -0.480 e. The van der Waals surface area contributed by atoms with Gasteiger partial charge in [-0.05, 0) is 0 Å². The molecule has 1 atom stereocenters. The van der Waals surface area contributed by atoms with Crippen molar-refractivity contribution in [1.82, 2.24) is 16.0 Å². The van der Waals surface area contributed by atoms with Gasteiger partial charge in [0, 0.05) is 5.75 Å². The molecule has 0 bridgehead atoms. The van der Waals surface area contributed by atoms with Crippen LogP contribution in [0.25, 0.3) is 0 Å². The van der Waals surface area contributed by atoms with Crippen molar-refractivity contribution in [2.75, 3.05) is 25.4 Å². The Morgan fingerprint density at radius 1 is 1.11 bits per heavy atom. The summed E-state index contributed by atoms with van der Waals surface area (Å²) >= 11 is 3.87. The minimum absolute atomic E-state index is 0.0119. The Kier molecular flexibility index (Phi) is 8.29. The molecule has 0 saturated carbocycles. The van der Waals surface area contributed by atoms with Gasteiger partial charge in [0.25, 0.3) is 0 Å². The summed E-state index contributed by atoms with van der Waals surface area (Å²) in [7, 11) is 0. The average Bonchev–Trinajstić information content (AvgIpc) is 2.39. The van der Waals surface area contributed by atoms with E-state index in [9.17, 15) is 19.2 Å². The Balaban J connectivity index is 4.16. The third-order valence-corrected chi connectivity index (χ3v) is 2.24. The van der Waals surface area contributed by atoms with Gasteiger partial charge in [0.15, 0.2) is 0 Å². The number of hydrogen-bond donors (Lipinski definition) is 6. The van der Waals surface area contributed by atoms with Crippen molar-refractivity contribution in [2.24, 2.45) is 5.73 Å². The molecule has 0 aromatic heterocycles. The highest BCUT2D eigenvalue weighted by Crippen LogP contribution is 1.88. The van der Waals surface area contributed by atoms with E-state index in [0.717, 1.165) is 0 Å². The summed E-state index contributed by atoms with van der Waals surface area (Å²) in [5.74, 6) is -3.00. The SMILES string of the molecule is NCC(=O)NCC(=O)NC(CS)C(=O)NCC(=O)O. The van der Waals surface area contributed by atoms with Crippen LogP contribution in [0.5, 0.6) is 0 Å². The Hall–Kier alpha value is -1.81. The van der Waals surface area contributed by atoms with E-state index in [1.54, 1.807) is 0 Å². The third-order valence-electron chi connectivity index (χ3n) is 1.88. The van der Waals surface area contributed by atoms with Crippen molar-refractivity contribution < 1.29 is 24.3 Å². The van der Waals surface area contributed by atoms with Crippen LogP contribution in [0.2, 0.25) is 0 Å². The molecule has 0 aromatic carbocycles. The minimum atomic E-state index is -1.20. The maximum absolute atomic E-state index is 11.5. The van der Waals surface area contributed by atoms with Gasteiger partial charge in [-0.3, -0.25) is 19.2 Å². The number of rotatable bonds is 8. The predicted molar refractivity (Wildman–Crippen MR) is 68.5 cm³/mol. The molecule has 0 aliphatic rings. The summed E-state index contributed by atoms with van der Waals surface area (Å²) in [5, 5.41) is 15.0. The average molecular weight is 292 g/mol. The van der Waals surface area contributed by atoms with Gasteiger partial charge in [0.1, 0.15) is 12.6 Å². The van der Waals surface area contributed by atoms with Crippen LogP contribution in [0.4, 0.5) is 0 Å². The monoisotopic (exact) mass is 292 g/mol. The van der Waals surface area contributed by atoms with Crippen LogP contribution in [-0.4, -0.2) is 60.2 Å². The van der Waals surface area contributed by atoms with Crippen LogP contribution in [0.15, 0.2) is 0 Å². The third kappa shape index (κ3) is 8.00. The van der Waals surface area contributed by atoms with Crippen LogP contribution < -0.4 is 21.7 Å². The first kappa shape index (κ1) is 17.2. The molecular weight excluding hydrogens is 276 g/mol. The van der Waals surface area contributed by atoms with E-state index < -0.39 is 36.3 Å². The first-order chi connectivity index (χ1) is 8.90. The van der Waals surface area contributed by atoms with Crippen molar-refractivity contribution >= 4 is 36.3 Å². The number of carboxylic acid groups (broad SMARTS) is 1. The van der Waals surface area contributed by atoms with Crippen LogP contribution in [0, 0.1) is 0 Å². The molecule has 10 heteroatoms. The van der Waals surface area contributed by atoms with Crippen molar-refractivity contribution in [3.63, 3.8) is 0 Å². The highest BCUT2D eigenvalue weighted by atomic mass is 32.1. The summed E-state index contributed by atoms with van der Waals surface area (Å²) in [6.45, 7) is -1.13. The second-order valence-corrected chi connectivity index (χ2v) is 3.76. The fraction of sp³-hybridized carbons (Fsp3) is 0.556. The number of carbonyl (C=O) groups is 4. The molecule has 0 aliphatic heterocycles. The van der Waals surface area contributed by atoms with Gasteiger partial charge < -0.3 is 26.8 Å². The Morgan fingerprint density at radius 3 is 2.21 bits per heavy atom. The number of nitrogens with two attached hydrogens (primary N) is 1. The van der Waals surface area contributed by atoms with E-state index in [1.807, 2.05) is 0 Å². The zero-order chi connectivity index (χ0) is 14.8. The van der Waals surface area contributed by atoms with Gasteiger partial charge in [0.05, 0.1) is 13.1 Å². The molecule has 6 N–H and O–H groups in total. The van der Waals surface area contributed by atoms with Gasteiger partial charge in [-0.25, -0.2) is 0 Å². The lowest BCUT2D eigenvalue weighted by atomic mass is 10.3. The number of aliphatic carboxylic acids is 1. The van der Waals surface area contributed by atoms with E-state index in [0.29, 0.717) is 0 Å². The van der Waals surface area contributed by atoms with Gasteiger partial charge in [-0.2, -0.15) is 12.6 Å². The molecule has 19 heavy (non-hydrogen) atoms. The van der Waals surface area contributed by atoms with Gasteiger partial charge in [-0.15, -0.1) is 0 Å². The van der Waals surface area contributed by atoms with Gasteiger partial charge >= 0.3 is 5.97 Å². The highest BCUT2D eigenvalue weighted by molar-refractivity contribution is 7.80. The van der Waals surface area contributed by atoms with Crippen molar-refractivity contribution in [3.05, 3.63) is 0 Å². The highest BCUT2D eigenvalue weighted by Gasteiger charge is 2.19. The molecule has 0 radical (unpaired) electrons. The van der Waals surface area contributed by atoms with E-state index in [4.69, 9.17) is 10.8 Å². The summed E-state index contributed by atoms with van der Waals surface area (Å²) in [5.41, 5.74) is 5.03. The summed E-state index contributed by atoms with van der Waals surface area (Å²) < 4.78 is 0. The molecule has 9 nitrogen and oxygen atoms in total. The first-order valence-electron chi connectivity index (χ1n) is 5.27. The van der Waals surface area contributed by atoms with Crippen molar-refractivity contribution in [1.29, 1.82) is 0 Å². The number of thiol groups is 1. The largest absolute Gasteiger partial charge is 0.480 e. The molecule has 0 aromatic rings. The lowest BCUT2D eigenvalue weighted by Gasteiger charge is -2.15. The van der Waals surface area contributed by atoms with Crippen molar-refractivity contribution in [3.8, 4) is 0 Å². The van der Waals surface area contributed by atoms with E-state index in [1.165, 1.54) is 0 Å². The first-order valence-corrected chi connectivity index (χ1v) is 5.90. The molecule has 1 unspecified atom stereocenters. The Labute approximate surface area is 114 Å². The van der Waals surface area contributed by atoms with E-state index >= 15 is 0 Å². The van der Waals surface area contributed by atoms with Crippen molar-refractivity contribution in [2.45, 2.75) is 6.04 Å². The molecule has 108 valence electrons. The molecule has 3 amide bonds. The summed E-state index contributed by atoms with van der Waals surface area (Å²) in [6, 6.07) is -0.982. The molecule has 0 saturated heterocycles. The Bertz CT molecular complexity index is 363. The topological polar surface area (TPSA) is 151 Å². The molecule has 0 fully saturated rings. The molecule has 0 rings (SSSR count). The maximum atomic E-state index is 11.5. The quantitative estimate of drug-likeness (QED) is 0.258. The lowest BCUT2D eigenvalue weighted by Crippen LogP contribution is -2.51. The van der Waals surface area contributed by atoms with E-state index in [-0.39, 0.29) is 18.8 Å². The number of carbonyl (C=O) groups excluding carboxylic acids is 3. The number of amides is 3. The fourth-order valence-corrected chi connectivity index (χ4v) is 1.23. The predicted octanol–water partition coefficient (Wildman–Crippen LogP) is -3.32. The second kappa shape index (κ2) is 9.16. The zero-order valence-corrected chi connectivity index (χ0v) is 10.9. The van der Waals surface area contributed by atoms with Gasteiger partial charge in [-0.1, -0.05) is 0 Å². The fourth-order valence-electron chi connectivity index (χ4n) is 0.976. The smallest absolute Gasteiger partial charge is 0.322 e. The van der Waals surface area contributed by atoms with Crippen LogP contribution >= 0.6 is 12.6 Å². The molecule has 0 heterocycles. The van der Waals surface area contributed by atoms with Gasteiger partial charge in [0.2, 0.25) is 17.7 Å².